The Morgan fingerprint density at radius 3 is 2.90 bits per heavy atom. The van der Waals surface area contributed by atoms with Gasteiger partial charge in [-0.05, 0) is 38.4 Å². The van der Waals surface area contributed by atoms with Crippen LogP contribution in [0.3, 0.4) is 0 Å². The minimum atomic E-state index is -0.337. The van der Waals surface area contributed by atoms with E-state index in [4.69, 9.17) is 4.74 Å². The van der Waals surface area contributed by atoms with Crippen molar-refractivity contribution in [2.45, 2.75) is 25.8 Å². The third-order valence-corrected chi connectivity index (χ3v) is 3.74. The maximum absolute atomic E-state index is 11.3. The fraction of sp³-hybridized carbons (Fsp3) is 0.571. The lowest BCUT2D eigenvalue weighted by Crippen LogP contribution is -2.46. The number of likely N-dealkylation sites (N-methyl/N-ethyl adjacent to an activating group) is 1. The molecule has 0 bridgehead atoms. The zero-order valence-corrected chi connectivity index (χ0v) is 12.0. The molecule has 2 rings (SSSR count). The van der Waals surface area contributed by atoms with E-state index in [9.17, 15) is 10.1 Å². The lowest BCUT2D eigenvalue weighted by atomic mass is 10.0. The van der Waals surface area contributed by atoms with Crippen LogP contribution in [0.5, 0.6) is 5.75 Å². The number of anilines is 1. The number of hydrogen-bond acceptors (Lipinski definition) is 5. The largest absolute Gasteiger partial charge is 0.496 e. The highest BCUT2D eigenvalue weighted by molar-refractivity contribution is 5.66. The molecule has 6 heteroatoms. The molecule has 20 heavy (non-hydrogen) atoms. The summed E-state index contributed by atoms with van der Waals surface area (Å²) in [6.07, 6.45) is 2.16. The highest BCUT2D eigenvalue weighted by atomic mass is 16.6. The van der Waals surface area contributed by atoms with Gasteiger partial charge in [0, 0.05) is 19.1 Å². The number of rotatable bonds is 5. The molecule has 1 aliphatic rings. The second-order valence-corrected chi connectivity index (χ2v) is 4.90. The minimum Gasteiger partial charge on any atom is -0.496 e. The van der Waals surface area contributed by atoms with Gasteiger partial charge in [-0.25, -0.2) is 0 Å². The van der Waals surface area contributed by atoms with E-state index in [0.29, 0.717) is 17.5 Å². The van der Waals surface area contributed by atoms with E-state index in [2.05, 4.69) is 10.2 Å². The summed E-state index contributed by atoms with van der Waals surface area (Å²) in [5.41, 5.74) is 0.781. The molecule has 0 aliphatic carbocycles. The zero-order chi connectivity index (χ0) is 14.5. The number of nitro groups is 1. The first-order chi connectivity index (χ1) is 9.67. The third-order valence-electron chi connectivity index (χ3n) is 3.74. The van der Waals surface area contributed by atoms with Crippen molar-refractivity contribution in [2.75, 3.05) is 31.6 Å². The molecule has 1 atom stereocenters. The van der Waals surface area contributed by atoms with Gasteiger partial charge in [0.25, 0.3) is 5.69 Å². The fourth-order valence-corrected chi connectivity index (χ4v) is 2.74. The Morgan fingerprint density at radius 2 is 2.35 bits per heavy atom. The normalized spacial score (nSPS) is 18.6. The Labute approximate surface area is 118 Å². The van der Waals surface area contributed by atoms with Crippen LogP contribution >= 0.6 is 0 Å². The van der Waals surface area contributed by atoms with Crippen molar-refractivity contribution in [3.63, 3.8) is 0 Å². The van der Waals surface area contributed by atoms with E-state index in [1.165, 1.54) is 13.2 Å². The van der Waals surface area contributed by atoms with Gasteiger partial charge in [0.1, 0.15) is 11.4 Å². The van der Waals surface area contributed by atoms with Crippen LogP contribution in [-0.4, -0.2) is 37.7 Å². The van der Waals surface area contributed by atoms with Crippen molar-refractivity contribution in [3.05, 3.63) is 28.3 Å². The van der Waals surface area contributed by atoms with Crippen molar-refractivity contribution in [1.82, 2.24) is 5.32 Å². The smallest absolute Gasteiger partial charge is 0.296 e. The lowest BCUT2D eigenvalue weighted by Gasteiger charge is -2.35. The maximum Gasteiger partial charge on any atom is 0.296 e. The van der Waals surface area contributed by atoms with Crippen LogP contribution in [0.2, 0.25) is 0 Å². The zero-order valence-electron chi connectivity index (χ0n) is 12.0. The van der Waals surface area contributed by atoms with Gasteiger partial charge < -0.3 is 15.0 Å². The molecule has 1 fully saturated rings. The summed E-state index contributed by atoms with van der Waals surface area (Å²) >= 11 is 0. The quantitative estimate of drug-likeness (QED) is 0.661. The summed E-state index contributed by atoms with van der Waals surface area (Å²) in [4.78, 5) is 13.1. The van der Waals surface area contributed by atoms with Crippen LogP contribution in [0.15, 0.2) is 18.2 Å². The highest BCUT2D eigenvalue weighted by Crippen LogP contribution is 2.33. The second kappa shape index (κ2) is 6.56. The summed E-state index contributed by atoms with van der Waals surface area (Å²) < 4.78 is 5.08. The molecule has 1 saturated heterocycles. The molecule has 0 amide bonds. The number of ether oxygens (including phenoxy) is 1. The van der Waals surface area contributed by atoms with E-state index in [1.54, 1.807) is 12.1 Å². The van der Waals surface area contributed by atoms with Crippen molar-refractivity contribution < 1.29 is 9.66 Å². The van der Waals surface area contributed by atoms with Gasteiger partial charge in [-0.1, -0.05) is 0 Å². The minimum absolute atomic E-state index is 0.108. The van der Waals surface area contributed by atoms with Gasteiger partial charge >= 0.3 is 0 Å². The van der Waals surface area contributed by atoms with Crippen LogP contribution < -0.4 is 15.0 Å². The van der Waals surface area contributed by atoms with Gasteiger partial charge in [-0.15, -0.1) is 0 Å². The Hall–Kier alpha value is -1.82. The number of nitrogens with zero attached hydrogens (tertiary/aromatic N) is 2. The molecule has 1 N–H and O–H groups in total. The molecule has 0 spiro atoms. The van der Waals surface area contributed by atoms with E-state index in [0.717, 1.165) is 32.5 Å². The number of nitrogens with one attached hydrogen (secondary N) is 1. The summed E-state index contributed by atoms with van der Waals surface area (Å²) in [5, 5.41) is 14.7. The molecule has 0 saturated carbocycles. The molecule has 0 radical (unpaired) electrons. The van der Waals surface area contributed by atoms with Gasteiger partial charge in [0.2, 0.25) is 0 Å². The van der Waals surface area contributed by atoms with Crippen LogP contribution in [0.4, 0.5) is 11.4 Å². The SMILES string of the molecule is CCN(c1ccc(OC)cc1[N+](=O)[O-])C1CCCNC1. The van der Waals surface area contributed by atoms with E-state index >= 15 is 0 Å². The molecular weight excluding hydrogens is 258 g/mol. The van der Waals surface area contributed by atoms with Gasteiger partial charge in [-0.2, -0.15) is 0 Å². The van der Waals surface area contributed by atoms with Gasteiger partial charge in [0.15, 0.2) is 0 Å². The predicted octanol–water partition coefficient (Wildman–Crippen LogP) is 2.18. The van der Waals surface area contributed by atoms with Gasteiger partial charge in [0.05, 0.1) is 18.1 Å². The summed E-state index contributed by atoms with van der Waals surface area (Å²) in [6, 6.07) is 5.37. The predicted molar refractivity (Wildman–Crippen MR) is 78.6 cm³/mol. The van der Waals surface area contributed by atoms with Gasteiger partial charge in [-0.3, -0.25) is 10.1 Å². The highest BCUT2D eigenvalue weighted by Gasteiger charge is 2.26. The first-order valence-corrected chi connectivity index (χ1v) is 6.97. The molecule has 1 aliphatic heterocycles. The summed E-state index contributed by atoms with van der Waals surface area (Å²) in [7, 11) is 1.52. The van der Waals surface area contributed by atoms with E-state index in [1.807, 2.05) is 6.92 Å². The number of methoxy groups -OCH3 is 1. The summed E-state index contributed by atoms with van der Waals surface area (Å²) in [6.45, 7) is 4.68. The first-order valence-electron chi connectivity index (χ1n) is 6.97. The molecule has 1 unspecified atom stereocenters. The molecule has 6 nitrogen and oxygen atoms in total. The molecule has 1 heterocycles. The van der Waals surface area contributed by atoms with Crippen LogP contribution in [0, 0.1) is 10.1 Å². The molecule has 1 aromatic rings. The average Bonchev–Trinajstić information content (AvgIpc) is 2.49. The lowest BCUT2D eigenvalue weighted by molar-refractivity contribution is -0.384. The average molecular weight is 279 g/mol. The van der Waals surface area contributed by atoms with Crippen LogP contribution in [0.1, 0.15) is 19.8 Å². The van der Waals surface area contributed by atoms with Crippen LogP contribution in [-0.2, 0) is 0 Å². The van der Waals surface area contributed by atoms with E-state index in [-0.39, 0.29) is 10.6 Å². The molecule has 1 aromatic carbocycles. The molecule has 0 aromatic heterocycles. The maximum atomic E-state index is 11.3. The van der Waals surface area contributed by atoms with Crippen LogP contribution in [0.25, 0.3) is 0 Å². The number of hydrogen-bond donors (Lipinski definition) is 1. The fourth-order valence-electron chi connectivity index (χ4n) is 2.74. The Balaban J connectivity index is 2.34. The Bertz CT molecular complexity index is 473. The van der Waals surface area contributed by atoms with E-state index < -0.39 is 0 Å². The first kappa shape index (κ1) is 14.6. The Morgan fingerprint density at radius 1 is 1.55 bits per heavy atom. The number of piperidine rings is 1. The number of nitro benzene ring substituents is 1. The topological polar surface area (TPSA) is 67.6 Å². The Kier molecular flexibility index (Phi) is 4.79. The second-order valence-electron chi connectivity index (χ2n) is 4.90. The van der Waals surface area contributed by atoms with Crippen molar-refractivity contribution in [1.29, 1.82) is 0 Å². The third kappa shape index (κ3) is 3.01. The summed E-state index contributed by atoms with van der Waals surface area (Å²) in [5.74, 6) is 0.512. The van der Waals surface area contributed by atoms with Crippen molar-refractivity contribution in [2.24, 2.45) is 0 Å². The standard InChI is InChI=1S/C14H21N3O3/c1-3-16(11-5-4-8-15-10-11)13-7-6-12(20-2)9-14(13)17(18)19/h6-7,9,11,15H,3-5,8,10H2,1-2H3. The monoisotopic (exact) mass is 279 g/mol. The molecular formula is C14H21N3O3. The van der Waals surface area contributed by atoms with Crippen molar-refractivity contribution in [3.8, 4) is 5.75 Å². The molecule has 110 valence electrons. The number of benzene rings is 1. The van der Waals surface area contributed by atoms with Crippen molar-refractivity contribution >= 4 is 11.4 Å².